The van der Waals surface area contributed by atoms with Gasteiger partial charge in [0.25, 0.3) is 0 Å². The molecule has 1 fully saturated rings. The van der Waals surface area contributed by atoms with Crippen molar-refractivity contribution in [3.63, 3.8) is 0 Å². The minimum Gasteiger partial charge on any atom is -0.506 e. The Morgan fingerprint density at radius 1 is 1.18 bits per heavy atom. The molecule has 1 N–H and O–H groups in total. The Bertz CT molecular complexity index is 1210. The van der Waals surface area contributed by atoms with E-state index in [1.165, 1.54) is 0 Å². The lowest BCUT2D eigenvalue weighted by Crippen LogP contribution is -2.65. The highest BCUT2D eigenvalue weighted by Gasteiger charge is 2.49. The van der Waals surface area contributed by atoms with Gasteiger partial charge in [-0.25, -0.2) is 9.78 Å². The number of benzene rings is 1. The molecule has 0 radical (unpaired) electrons. The first-order chi connectivity index (χ1) is 15.8. The Labute approximate surface area is 205 Å². The van der Waals surface area contributed by atoms with Gasteiger partial charge in [0.2, 0.25) is 0 Å². The van der Waals surface area contributed by atoms with Gasteiger partial charge >= 0.3 is 6.09 Å². The van der Waals surface area contributed by atoms with Crippen LogP contribution in [0.2, 0.25) is 5.02 Å². The van der Waals surface area contributed by atoms with Crippen molar-refractivity contribution >= 4 is 23.2 Å². The van der Waals surface area contributed by atoms with E-state index in [4.69, 9.17) is 21.1 Å². The van der Waals surface area contributed by atoms with Crippen LogP contribution in [0.25, 0.3) is 16.6 Å². The van der Waals surface area contributed by atoms with Gasteiger partial charge in [-0.15, -0.1) is 0 Å². The summed E-state index contributed by atoms with van der Waals surface area (Å²) in [6.45, 7) is 13.1. The van der Waals surface area contributed by atoms with Crippen LogP contribution in [0.15, 0.2) is 43.0 Å². The van der Waals surface area contributed by atoms with Crippen molar-refractivity contribution in [3.8, 4) is 22.6 Å². The summed E-state index contributed by atoms with van der Waals surface area (Å²) in [5.74, 6) is 0.906. The average molecular weight is 486 g/mol. The number of nitrogens with zero attached hydrogens (tertiary/aromatic N) is 3. The molecule has 2 aromatic heterocycles. The van der Waals surface area contributed by atoms with Gasteiger partial charge in [0.1, 0.15) is 22.6 Å². The number of pyridine rings is 1. The molecule has 1 aliphatic rings. The zero-order valence-corrected chi connectivity index (χ0v) is 21.3. The third kappa shape index (κ3) is 4.94. The SMILES string of the molecule is CC(C)(C)OC(=O)N1CC(COc2cc(-c3ccc(O)c(Cl)c3)cn3cncc23)C1C(C)(C)C. The van der Waals surface area contributed by atoms with Crippen LogP contribution in [-0.2, 0) is 4.74 Å². The number of fused-ring (bicyclic) bond motifs is 1. The maximum atomic E-state index is 12.7. The van der Waals surface area contributed by atoms with Gasteiger partial charge in [-0.3, -0.25) is 0 Å². The van der Waals surface area contributed by atoms with Crippen LogP contribution in [0.5, 0.6) is 11.5 Å². The fraction of sp³-hybridized carbons (Fsp3) is 0.462. The predicted octanol–water partition coefficient (Wildman–Crippen LogP) is 6.02. The van der Waals surface area contributed by atoms with Crippen molar-refractivity contribution in [2.75, 3.05) is 13.2 Å². The van der Waals surface area contributed by atoms with E-state index in [-0.39, 0.29) is 34.2 Å². The highest BCUT2D eigenvalue weighted by Crippen LogP contribution is 2.40. The molecule has 0 saturated carbocycles. The molecule has 1 aromatic carbocycles. The van der Waals surface area contributed by atoms with Crippen molar-refractivity contribution < 1.29 is 19.4 Å². The van der Waals surface area contributed by atoms with Gasteiger partial charge in [0, 0.05) is 30.3 Å². The first-order valence-corrected chi connectivity index (χ1v) is 11.8. The number of ether oxygens (including phenoxy) is 2. The number of likely N-dealkylation sites (tertiary alicyclic amines) is 1. The molecule has 3 heterocycles. The zero-order valence-electron chi connectivity index (χ0n) is 20.5. The first kappa shape index (κ1) is 24.2. The van der Waals surface area contributed by atoms with E-state index in [1.807, 2.05) is 48.4 Å². The average Bonchev–Trinajstić information content (AvgIpc) is 3.15. The minimum atomic E-state index is -0.535. The number of phenolic OH excluding ortho intramolecular Hbond substituents is 1. The molecule has 1 amide bonds. The van der Waals surface area contributed by atoms with Gasteiger partial charge in [-0.05, 0) is 49.9 Å². The summed E-state index contributed by atoms with van der Waals surface area (Å²) in [5.41, 5.74) is 1.94. The Morgan fingerprint density at radius 3 is 2.56 bits per heavy atom. The van der Waals surface area contributed by atoms with Gasteiger partial charge in [0.05, 0.1) is 24.2 Å². The van der Waals surface area contributed by atoms with Crippen LogP contribution in [0.4, 0.5) is 4.79 Å². The number of phenols is 1. The summed E-state index contributed by atoms with van der Waals surface area (Å²) >= 11 is 6.12. The fourth-order valence-electron chi connectivity index (χ4n) is 4.57. The normalized spacial score (nSPS) is 18.6. The van der Waals surface area contributed by atoms with E-state index in [0.29, 0.717) is 18.9 Å². The molecule has 182 valence electrons. The van der Waals surface area contributed by atoms with Gasteiger partial charge < -0.3 is 23.9 Å². The molecule has 0 aliphatic carbocycles. The molecule has 8 heteroatoms. The number of aromatic hydroxyl groups is 1. The van der Waals surface area contributed by atoms with E-state index in [0.717, 1.165) is 16.6 Å². The second kappa shape index (κ2) is 8.69. The topological polar surface area (TPSA) is 76.3 Å². The number of imidazole rings is 1. The Kier molecular flexibility index (Phi) is 6.19. The second-order valence-electron chi connectivity index (χ2n) is 11.0. The molecule has 3 aromatic rings. The molecular weight excluding hydrogens is 454 g/mol. The fourth-order valence-corrected chi connectivity index (χ4v) is 4.75. The van der Waals surface area contributed by atoms with Crippen molar-refractivity contribution in [2.45, 2.75) is 53.2 Å². The van der Waals surface area contributed by atoms with E-state index < -0.39 is 5.60 Å². The van der Waals surface area contributed by atoms with Crippen molar-refractivity contribution in [2.24, 2.45) is 11.3 Å². The number of carbonyl (C=O) groups is 1. The molecule has 7 nitrogen and oxygen atoms in total. The molecular formula is C26H32ClN3O4. The van der Waals surface area contributed by atoms with Crippen molar-refractivity contribution in [1.29, 1.82) is 0 Å². The molecule has 1 saturated heterocycles. The monoisotopic (exact) mass is 485 g/mol. The molecule has 2 unspecified atom stereocenters. The number of hydrogen-bond acceptors (Lipinski definition) is 5. The molecule has 34 heavy (non-hydrogen) atoms. The molecule has 1 aliphatic heterocycles. The number of carbonyl (C=O) groups excluding carboxylic acids is 1. The Balaban J connectivity index is 1.55. The number of aromatic nitrogens is 2. The number of amides is 1. The van der Waals surface area contributed by atoms with E-state index in [2.05, 4.69) is 25.8 Å². The highest BCUT2D eigenvalue weighted by molar-refractivity contribution is 6.32. The summed E-state index contributed by atoms with van der Waals surface area (Å²) < 4.78 is 13.8. The van der Waals surface area contributed by atoms with Crippen LogP contribution >= 0.6 is 11.6 Å². The first-order valence-electron chi connectivity index (χ1n) is 11.4. The summed E-state index contributed by atoms with van der Waals surface area (Å²) in [4.78, 5) is 18.8. The van der Waals surface area contributed by atoms with Crippen molar-refractivity contribution in [3.05, 3.63) is 48.0 Å². The molecule has 4 rings (SSSR count). The number of hydrogen-bond donors (Lipinski definition) is 1. The van der Waals surface area contributed by atoms with Crippen LogP contribution in [0, 0.1) is 11.3 Å². The smallest absolute Gasteiger partial charge is 0.410 e. The van der Waals surface area contributed by atoms with E-state index in [1.54, 1.807) is 24.7 Å². The summed E-state index contributed by atoms with van der Waals surface area (Å²) in [5, 5.41) is 10.1. The lowest BCUT2D eigenvalue weighted by atomic mass is 9.72. The van der Waals surface area contributed by atoms with Gasteiger partial charge in [-0.1, -0.05) is 38.4 Å². The van der Waals surface area contributed by atoms with Gasteiger partial charge in [-0.2, -0.15) is 0 Å². The molecule has 0 spiro atoms. The largest absolute Gasteiger partial charge is 0.506 e. The van der Waals surface area contributed by atoms with Crippen LogP contribution in [-0.4, -0.2) is 50.3 Å². The maximum absolute atomic E-state index is 12.7. The van der Waals surface area contributed by atoms with Gasteiger partial charge in [0.15, 0.2) is 0 Å². The lowest BCUT2D eigenvalue weighted by Gasteiger charge is -2.53. The zero-order chi connectivity index (χ0) is 24.8. The highest BCUT2D eigenvalue weighted by atomic mass is 35.5. The maximum Gasteiger partial charge on any atom is 0.410 e. The molecule has 0 bridgehead atoms. The summed E-state index contributed by atoms with van der Waals surface area (Å²) in [6, 6.07) is 7.06. The third-order valence-electron chi connectivity index (χ3n) is 5.95. The lowest BCUT2D eigenvalue weighted by molar-refractivity contribution is -0.0757. The predicted molar refractivity (Wildman–Crippen MR) is 132 cm³/mol. The summed E-state index contributed by atoms with van der Waals surface area (Å²) in [6.07, 6.45) is 5.15. The van der Waals surface area contributed by atoms with Crippen LogP contribution in [0.3, 0.4) is 0 Å². The molecule has 2 atom stereocenters. The number of rotatable bonds is 4. The second-order valence-corrected chi connectivity index (χ2v) is 11.4. The Hall–Kier alpha value is -2.93. The minimum absolute atomic E-state index is 0.00219. The van der Waals surface area contributed by atoms with E-state index in [9.17, 15) is 9.90 Å². The van der Waals surface area contributed by atoms with Crippen LogP contribution in [0.1, 0.15) is 41.5 Å². The quantitative estimate of drug-likeness (QED) is 0.489. The summed E-state index contributed by atoms with van der Waals surface area (Å²) in [7, 11) is 0. The standard InChI is InChI=1S/C26H32ClN3O4/c1-25(2,3)23-18(13-30(23)24(32)34-26(4,5)6)14-33-22-10-17(12-29-15-28-11-20(22)29)16-7-8-21(31)19(27)9-16/h7-12,15,18,23,31H,13-14H2,1-6H3. The van der Waals surface area contributed by atoms with Crippen LogP contribution < -0.4 is 4.74 Å². The number of halogens is 1. The van der Waals surface area contributed by atoms with Crippen molar-refractivity contribution in [1.82, 2.24) is 14.3 Å². The third-order valence-corrected chi connectivity index (χ3v) is 6.25. The van der Waals surface area contributed by atoms with E-state index >= 15 is 0 Å². The Morgan fingerprint density at radius 2 is 1.91 bits per heavy atom.